The summed E-state index contributed by atoms with van der Waals surface area (Å²) in [6.07, 6.45) is 10.2. The number of imidazole rings is 2. The number of nitrogens with zero attached hydrogens (tertiary/aromatic N) is 4. The van der Waals surface area contributed by atoms with Crippen molar-refractivity contribution in [3.8, 4) is 0 Å². The monoisotopic (exact) mass is 416 g/mol. The topological polar surface area (TPSA) is 75.8 Å². The fourth-order valence-corrected chi connectivity index (χ4v) is 5.31. The Balaban J connectivity index is 1.70. The molecule has 2 N–H and O–H groups in total. The minimum atomic E-state index is -0.102. The van der Waals surface area contributed by atoms with Crippen LogP contribution in [0.2, 0.25) is 0 Å². The van der Waals surface area contributed by atoms with Gasteiger partial charge in [0.05, 0.1) is 28.2 Å². The highest BCUT2D eigenvalue weighted by molar-refractivity contribution is 5.90. The van der Waals surface area contributed by atoms with E-state index >= 15 is 0 Å². The van der Waals surface area contributed by atoms with E-state index in [2.05, 4.69) is 31.4 Å². The standard InChI is InChI=1S/C22H34N6O2/c1-21(2)12-16(24-18(30)20-27(6)10-11-28(20)7)13-22(3,14-21)15-23-17(29)19-25(4)8-9-26(19)5/h8-11,16H,12-15H2,1-7H3/p+2. The van der Waals surface area contributed by atoms with E-state index in [-0.39, 0.29) is 28.7 Å². The minimum Gasteiger partial charge on any atom is -0.345 e. The van der Waals surface area contributed by atoms with Crippen LogP contribution < -0.4 is 19.8 Å². The second kappa shape index (κ2) is 7.89. The third kappa shape index (κ3) is 4.57. The van der Waals surface area contributed by atoms with Crippen molar-refractivity contribution < 1.29 is 18.7 Å². The van der Waals surface area contributed by atoms with Crippen molar-refractivity contribution in [2.45, 2.75) is 46.1 Å². The molecule has 2 aromatic rings. The van der Waals surface area contributed by atoms with Crippen LogP contribution in [0.3, 0.4) is 0 Å². The fraction of sp³-hybridized carbons (Fsp3) is 0.636. The maximum absolute atomic E-state index is 12.9. The Morgan fingerprint density at radius 2 is 1.53 bits per heavy atom. The van der Waals surface area contributed by atoms with Crippen molar-refractivity contribution in [2.24, 2.45) is 39.0 Å². The van der Waals surface area contributed by atoms with Gasteiger partial charge in [0.2, 0.25) is 0 Å². The summed E-state index contributed by atoms with van der Waals surface area (Å²) in [5.41, 5.74) is -0.0306. The highest BCUT2D eigenvalue weighted by Crippen LogP contribution is 2.45. The average Bonchev–Trinajstić information content (AvgIpc) is 3.12. The quantitative estimate of drug-likeness (QED) is 0.706. The van der Waals surface area contributed by atoms with Crippen LogP contribution in [0.15, 0.2) is 24.8 Å². The van der Waals surface area contributed by atoms with Crippen LogP contribution in [-0.2, 0) is 28.2 Å². The first-order valence-corrected chi connectivity index (χ1v) is 10.5. The molecule has 0 bridgehead atoms. The molecule has 1 fully saturated rings. The van der Waals surface area contributed by atoms with Crippen LogP contribution in [0, 0.1) is 10.8 Å². The molecule has 30 heavy (non-hydrogen) atoms. The smallest absolute Gasteiger partial charge is 0.345 e. The number of carbonyl (C=O) groups is 2. The van der Waals surface area contributed by atoms with E-state index in [1.165, 1.54) is 0 Å². The van der Waals surface area contributed by atoms with Gasteiger partial charge in [-0.25, -0.2) is 18.3 Å². The number of hydrogen-bond donors (Lipinski definition) is 2. The number of rotatable bonds is 5. The van der Waals surface area contributed by atoms with Crippen LogP contribution in [0.5, 0.6) is 0 Å². The van der Waals surface area contributed by atoms with E-state index in [1.807, 2.05) is 71.2 Å². The Hall–Kier alpha value is -2.64. The molecule has 164 valence electrons. The number of carbonyl (C=O) groups excluding carboxylic acids is 2. The predicted octanol–water partition coefficient (Wildman–Crippen LogP) is 0.757. The zero-order valence-electron chi connectivity index (χ0n) is 19.3. The summed E-state index contributed by atoms with van der Waals surface area (Å²) in [4.78, 5) is 25.7. The predicted molar refractivity (Wildman–Crippen MR) is 113 cm³/mol. The first-order chi connectivity index (χ1) is 13.9. The van der Waals surface area contributed by atoms with Gasteiger partial charge in [-0.2, -0.15) is 0 Å². The molecule has 1 aliphatic rings. The third-order valence-corrected chi connectivity index (χ3v) is 6.22. The molecule has 0 aliphatic heterocycles. The summed E-state index contributed by atoms with van der Waals surface area (Å²) in [7, 11) is 7.50. The highest BCUT2D eigenvalue weighted by Gasteiger charge is 2.43. The molecule has 0 saturated heterocycles. The fourth-order valence-electron chi connectivity index (χ4n) is 5.31. The molecule has 2 unspecified atom stereocenters. The Labute approximate surface area is 178 Å². The second-order valence-electron chi connectivity index (χ2n) is 10.1. The second-order valence-corrected chi connectivity index (χ2v) is 10.1. The van der Waals surface area contributed by atoms with E-state index < -0.39 is 0 Å². The zero-order valence-corrected chi connectivity index (χ0v) is 19.3. The number of amides is 2. The number of aromatic nitrogens is 4. The molecule has 1 aliphatic carbocycles. The maximum atomic E-state index is 12.9. The lowest BCUT2D eigenvalue weighted by atomic mass is 9.62. The van der Waals surface area contributed by atoms with Gasteiger partial charge in [0.1, 0.15) is 24.8 Å². The van der Waals surface area contributed by atoms with Crippen molar-refractivity contribution in [1.29, 1.82) is 0 Å². The lowest BCUT2D eigenvalue weighted by molar-refractivity contribution is -0.673. The maximum Gasteiger partial charge on any atom is 0.347 e. The normalized spacial score (nSPS) is 23.2. The number of aryl methyl sites for hydroxylation is 4. The lowest BCUT2D eigenvalue weighted by Crippen LogP contribution is -2.52. The van der Waals surface area contributed by atoms with Gasteiger partial charge in [-0.05, 0) is 30.1 Å². The summed E-state index contributed by atoms with van der Waals surface area (Å²) in [6.45, 7) is 7.27. The van der Waals surface area contributed by atoms with Gasteiger partial charge in [0, 0.05) is 12.6 Å². The van der Waals surface area contributed by atoms with Crippen molar-refractivity contribution in [2.75, 3.05) is 6.54 Å². The Bertz CT molecular complexity index is 918. The lowest BCUT2D eigenvalue weighted by Gasteiger charge is -2.46. The van der Waals surface area contributed by atoms with Crippen LogP contribution in [0.4, 0.5) is 0 Å². The van der Waals surface area contributed by atoms with Gasteiger partial charge in [0.15, 0.2) is 0 Å². The third-order valence-electron chi connectivity index (χ3n) is 6.22. The molecule has 2 aromatic heterocycles. The highest BCUT2D eigenvalue weighted by atomic mass is 16.2. The van der Waals surface area contributed by atoms with Crippen LogP contribution in [0.25, 0.3) is 0 Å². The average molecular weight is 417 g/mol. The van der Waals surface area contributed by atoms with Gasteiger partial charge in [-0.1, -0.05) is 20.8 Å². The van der Waals surface area contributed by atoms with E-state index in [9.17, 15) is 9.59 Å². The molecule has 3 rings (SSSR count). The van der Waals surface area contributed by atoms with E-state index in [1.54, 1.807) is 0 Å². The number of hydrogen-bond acceptors (Lipinski definition) is 2. The molecule has 0 spiro atoms. The molecule has 1 saturated carbocycles. The SMILES string of the molecule is Cn1cc[n+](C)c1C(=O)NCC1(C)CC(NC(=O)c2n(C)cc[n+]2C)CC(C)(C)C1. The molecular weight excluding hydrogens is 380 g/mol. The molecule has 2 heterocycles. The van der Waals surface area contributed by atoms with Gasteiger partial charge in [-0.3, -0.25) is 9.59 Å². The van der Waals surface area contributed by atoms with Crippen LogP contribution in [-0.4, -0.2) is 33.5 Å². The summed E-state index contributed by atoms with van der Waals surface area (Å²) in [6, 6.07) is 0.0594. The minimum absolute atomic E-state index is 0.0594. The van der Waals surface area contributed by atoms with Crippen molar-refractivity contribution in [3.05, 3.63) is 36.4 Å². The number of nitrogens with one attached hydrogen (secondary N) is 2. The van der Waals surface area contributed by atoms with Crippen molar-refractivity contribution in [3.63, 3.8) is 0 Å². The van der Waals surface area contributed by atoms with E-state index in [0.717, 1.165) is 19.3 Å². The van der Waals surface area contributed by atoms with Gasteiger partial charge < -0.3 is 10.6 Å². The first kappa shape index (κ1) is 22.1. The Kier molecular flexibility index (Phi) is 5.80. The summed E-state index contributed by atoms with van der Waals surface area (Å²) in [5, 5.41) is 6.38. The largest absolute Gasteiger partial charge is 0.347 e. The zero-order chi connectivity index (χ0) is 22.3. The van der Waals surface area contributed by atoms with Crippen LogP contribution >= 0.6 is 0 Å². The first-order valence-electron chi connectivity index (χ1n) is 10.5. The Morgan fingerprint density at radius 1 is 1.00 bits per heavy atom. The summed E-state index contributed by atoms with van der Waals surface area (Å²) < 4.78 is 7.32. The van der Waals surface area contributed by atoms with E-state index in [0.29, 0.717) is 18.2 Å². The van der Waals surface area contributed by atoms with Gasteiger partial charge >= 0.3 is 23.5 Å². The molecule has 2 atom stereocenters. The molecule has 0 radical (unpaired) electrons. The molecule has 2 amide bonds. The van der Waals surface area contributed by atoms with Crippen molar-refractivity contribution in [1.82, 2.24) is 19.8 Å². The van der Waals surface area contributed by atoms with Gasteiger partial charge in [0.25, 0.3) is 0 Å². The van der Waals surface area contributed by atoms with E-state index in [4.69, 9.17) is 0 Å². The molecular formula is C22H36N6O2+2. The van der Waals surface area contributed by atoms with Crippen molar-refractivity contribution >= 4 is 11.8 Å². The molecule has 8 heteroatoms. The molecule has 8 nitrogen and oxygen atoms in total. The Morgan fingerprint density at radius 3 is 2.03 bits per heavy atom. The van der Waals surface area contributed by atoms with Gasteiger partial charge in [-0.15, -0.1) is 0 Å². The molecule has 0 aromatic carbocycles. The van der Waals surface area contributed by atoms with Crippen LogP contribution in [0.1, 0.15) is 61.3 Å². The summed E-state index contributed by atoms with van der Waals surface area (Å²) >= 11 is 0. The summed E-state index contributed by atoms with van der Waals surface area (Å²) in [5.74, 6) is 1.11.